The molecule has 0 amide bonds. The average Bonchev–Trinajstić information content (AvgIpc) is 2.81. The van der Waals surface area contributed by atoms with Gasteiger partial charge in [-0.25, -0.2) is 0 Å². The van der Waals surface area contributed by atoms with Gasteiger partial charge in [0.25, 0.3) is 0 Å². The number of hydrogen-bond donors (Lipinski definition) is 1. The molecule has 0 saturated heterocycles. The van der Waals surface area contributed by atoms with Crippen LogP contribution in [0.3, 0.4) is 0 Å². The van der Waals surface area contributed by atoms with Crippen LogP contribution in [0.15, 0.2) is 30.5 Å². The third-order valence-electron chi connectivity index (χ3n) is 3.19. The molecule has 1 aromatic carbocycles. The third kappa shape index (κ3) is 4.97. The van der Waals surface area contributed by atoms with E-state index in [0.29, 0.717) is 6.54 Å². The molecule has 6 heteroatoms. The summed E-state index contributed by atoms with van der Waals surface area (Å²) in [5, 5.41) is 4.39. The highest BCUT2D eigenvalue weighted by Gasteiger charge is 2.27. The molecule has 0 aliphatic rings. The van der Waals surface area contributed by atoms with Gasteiger partial charge in [0, 0.05) is 30.6 Å². The average molecular weight is 316 g/mol. The fourth-order valence-electron chi connectivity index (χ4n) is 2.20. The molecule has 0 unspecified atom stereocenters. The lowest BCUT2D eigenvalue weighted by molar-refractivity contribution is -0.0328. The number of hydrogen-bond acceptors (Lipinski definition) is 2. The smallest absolute Gasteiger partial charge is 0.347 e. The van der Waals surface area contributed by atoms with Crippen molar-refractivity contribution in [2.75, 3.05) is 12.3 Å². The van der Waals surface area contributed by atoms with Crippen molar-refractivity contribution in [3.63, 3.8) is 0 Å². The first-order valence-electron chi connectivity index (χ1n) is 6.99. The van der Waals surface area contributed by atoms with Gasteiger partial charge < -0.3 is 9.88 Å². The monoisotopic (exact) mass is 316 g/mol. The Bertz CT molecular complexity index is 578. The minimum atomic E-state index is -4.15. The summed E-state index contributed by atoms with van der Waals surface area (Å²) < 4.78 is 38.4. The van der Waals surface area contributed by atoms with Gasteiger partial charge in [0.15, 0.2) is 0 Å². The van der Waals surface area contributed by atoms with Crippen molar-refractivity contribution in [1.82, 2.24) is 9.88 Å². The summed E-state index contributed by atoms with van der Waals surface area (Å²) in [6, 6.07) is 8.07. The first kappa shape index (κ1) is 16.2. The fraction of sp³-hybridized carbons (Fsp3) is 0.467. The van der Waals surface area contributed by atoms with Crippen LogP contribution in [0.2, 0.25) is 0 Å². The molecule has 2 nitrogen and oxygen atoms in total. The number of halogens is 3. The van der Waals surface area contributed by atoms with E-state index in [1.807, 2.05) is 22.9 Å². The van der Waals surface area contributed by atoms with Crippen molar-refractivity contribution < 1.29 is 13.2 Å². The fourth-order valence-corrected chi connectivity index (χ4v) is 2.72. The van der Waals surface area contributed by atoms with Crippen LogP contribution in [0, 0.1) is 0 Å². The zero-order valence-electron chi connectivity index (χ0n) is 11.9. The minimum Gasteiger partial charge on any atom is -0.347 e. The van der Waals surface area contributed by atoms with Crippen LogP contribution >= 0.6 is 11.8 Å². The van der Waals surface area contributed by atoms with Crippen LogP contribution < -0.4 is 5.32 Å². The second-order valence-corrected chi connectivity index (χ2v) is 6.03. The largest absolute Gasteiger partial charge is 0.441 e. The first-order chi connectivity index (χ1) is 9.99. The minimum absolute atomic E-state index is 0.0282. The van der Waals surface area contributed by atoms with Crippen LogP contribution in [0.1, 0.15) is 18.9 Å². The molecular formula is C15H19F3N2S. The molecule has 0 atom stereocenters. The van der Waals surface area contributed by atoms with Crippen molar-refractivity contribution in [1.29, 1.82) is 0 Å². The Labute approximate surface area is 126 Å². The summed E-state index contributed by atoms with van der Waals surface area (Å²) >= 11 is 0.0282. The van der Waals surface area contributed by atoms with Crippen molar-refractivity contribution in [3.8, 4) is 0 Å². The number of aryl methyl sites for hydroxylation is 1. The number of nitrogens with one attached hydrogen (secondary N) is 1. The Hall–Kier alpha value is -1.14. The highest BCUT2D eigenvalue weighted by Crippen LogP contribution is 2.30. The summed E-state index contributed by atoms with van der Waals surface area (Å²) in [5.41, 5.74) is -2.01. The highest BCUT2D eigenvalue weighted by atomic mass is 32.2. The maximum Gasteiger partial charge on any atom is 0.441 e. The Morgan fingerprint density at radius 3 is 2.76 bits per heavy atom. The van der Waals surface area contributed by atoms with Gasteiger partial charge in [0.05, 0.1) is 0 Å². The number of thioether (sulfide) groups is 1. The van der Waals surface area contributed by atoms with E-state index in [0.717, 1.165) is 36.0 Å². The molecule has 0 fully saturated rings. The van der Waals surface area contributed by atoms with Gasteiger partial charge in [0.2, 0.25) is 0 Å². The molecular weight excluding hydrogens is 297 g/mol. The summed E-state index contributed by atoms with van der Waals surface area (Å²) in [6.45, 7) is 4.21. The Kier molecular flexibility index (Phi) is 5.58. The number of nitrogens with zero attached hydrogens (tertiary/aromatic N) is 1. The van der Waals surface area contributed by atoms with E-state index >= 15 is 0 Å². The second-order valence-electron chi connectivity index (χ2n) is 4.87. The van der Waals surface area contributed by atoms with E-state index in [9.17, 15) is 13.2 Å². The SMILES string of the molecule is CCCNCc1ccc2ccn(CCSC(F)(F)F)c2c1. The highest BCUT2D eigenvalue weighted by molar-refractivity contribution is 8.00. The van der Waals surface area contributed by atoms with Gasteiger partial charge in [-0.05, 0) is 47.8 Å². The van der Waals surface area contributed by atoms with Crippen LogP contribution in [0.25, 0.3) is 10.9 Å². The lowest BCUT2D eigenvalue weighted by Gasteiger charge is -2.09. The maximum atomic E-state index is 12.2. The number of benzene rings is 1. The quantitative estimate of drug-likeness (QED) is 0.763. The molecule has 0 saturated carbocycles. The lowest BCUT2D eigenvalue weighted by atomic mass is 10.1. The number of aromatic nitrogens is 1. The van der Waals surface area contributed by atoms with E-state index < -0.39 is 5.51 Å². The summed E-state index contributed by atoms with van der Waals surface area (Å²) in [4.78, 5) is 0. The molecule has 0 spiro atoms. The number of fused-ring (bicyclic) bond motifs is 1. The normalized spacial score (nSPS) is 12.2. The molecule has 1 N–H and O–H groups in total. The molecule has 2 aromatic rings. The molecule has 2 rings (SSSR count). The van der Waals surface area contributed by atoms with Gasteiger partial charge in [-0.15, -0.1) is 0 Å². The van der Waals surface area contributed by atoms with Gasteiger partial charge in [-0.2, -0.15) is 13.2 Å². The Morgan fingerprint density at radius 2 is 2.05 bits per heavy atom. The summed E-state index contributed by atoms with van der Waals surface area (Å²) in [7, 11) is 0. The van der Waals surface area contributed by atoms with Crippen molar-refractivity contribution in [2.24, 2.45) is 0 Å². The molecule has 21 heavy (non-hydrogen) atoms. The molecule has 116 valence electrons. The van der Waals surface area contributed by atoms with E-state index in [-0.39, 0.29) is 17.5 Å². The number of alkyl halides is 3. The standard InChI is InChI=1S/C15H19F3N2S/c1-2-6-19-11-12-3-4-13-5-7-20(14(13)10-12)8-9-21-15(16,17)18/h3-5,7,10,19H,2,6,8-9,11H2,1H3. The van der Waals surface area contributed by atoms with Crippen LogP contribution in [-0.4, -0.2) is 22.4 Å². The Morgan fingerprint density at radius 1 is 1.24 bits per heavy atom. The van der Waals surface area contributed by atoms with E-state index in [1.54, 1.807) is 0 Å². The molecule has 0 bridgehead atoms. The van der Waals surface area contributed by atoms with Crippen molar-refractivity contribution in [3.05, 3.63) is 36.0 Å². The van der Waals surface area contributed by atoms with Crippen LogP contribution in [-0.2, 0) is 13.1 Å². The van der Waals surface area contributed by atoms with E-state index in [2.05, 4.69) is 24.4 Å². The molecule has 0 aliphatic carbocycles. The van der Waals surface area contributed by atoms with Crippen molar-refractivity contribution >= 4 is 22.7 Å². The van der Waals surface area contributed by atoms with Gasteiger partial charge in [-0.1, -0.05) is 19.1 Å². The molecule has 1 aromatic heterocycles. The maximum absolute atomic E-state index is 12.2. The van der Waals surface area contributed by atoms with Gasteiger partial charge >= 0.3 is 5.51 Å². The van der Waals surface area contributed by atoms with Crippen LogP contribution in [0.5, 0.6) is 0 Å². The lowest BCUT2D eigenvalue weighted by Crippen LogP contribution is -2.13. The predicted octanol–water partition coefficient (Wildman–Crippen LogP) is 4.39. The van der Waals surface area contributed by atoms with Crippen LogP contribution in [0.4, 0.5) is 13.2 Å². The summed E-state index contributed by atoms with van der Waals surface area (Å²) in [6.07, 6.45) is 2.93. The summed E-state index contributed by atoms with van der Waals surface area (Å²) in [5.74, 6) is 0.0333. The zero-order valence-corrected chi connectivity index (χ0v) is 12.7. The van der Waals surface area contributed by atoms with E-state index in [1.165, 1.54) is 0 Å². The van der Waals surface area contributed by atoms with Gasteiger partial charge in [-0.3, -0.25) is 0 Å². The van der Waals surface area contributed by atoms with E-state index in [4.69, 9.17) is 0 Å². The second kappa shape index (κ2) is 7.22. The third-order valence-corrected chi connectivity index (χ3v) is 3.91. The topological polar surface area (TPSA) is 17.0 Å². The molecule has 0 radical (unpaired) electrons. The Balaban J connectivity index is 2.04. The van der Waals surface area contributed by atoms with Gasteiger partial charge in [0.1, 0.15) is 0 Å². The number of rotatable bonds is 7. The first-order valence-corrected chi connectivity index (χ1v) is 7.97. The zero-order chi connectivity index (χ0) is 15.3. The van der Waals surface area contributed by atoms with Crippen molar-refractivity contribution in [2.45, 2.75) is 31.9 Å². The molecule has 1 heterocycles. The predicted molar refractivity (Wildman–Crippen MR) is 82.4 cm³/mol. The molecule has 0 aliphatic heterocycles.